The zero-order valence-corrected chi connectivity index (χ0v) is 28.6. The fourth-order valence-electron chi connectivity index (χ4n) is 8.23. The van der Waals surface area contributed by atoms with Gasteiger partial charge in [-0.1, -0.05) is 103 Å². The lowest BCUT2D eigenvalue weighted by Gasteiger charge is -2.32. The quantitative estimate of drug-likeness (QED) is 0.126. The predicted octanol–water partition coefficient (Wildman–Crippen LogP) is 8.47. The zero-order chi connectivity index (χ0) is 34.2. The third kappa shape index (κ3) is 8.01. The fraction of sp³-hybridized carbons (Fsp3) is 0.366. The maximum atomic E-state index is 13.0. The average molecular weight is 680 g/mol. The van der Waals surface area contributed by atoms with Gasteiger partial charge in [-0.05, 0) is 103 Å². The molecule has 7 rings (SSSR count). The Labute approximate surface area is 294 Å². The van der Waals surface area contributed by atoms with E-state index in [1.54, 1.807) is 23.3 Å². The summed E-state index contributed by atoms with van der Waals surface area (Å²) in [6.45, 7) is 1.26. The normalized spacial score (nSPS) is 22.2. The molecule has 0 aromatic heterocycles. The Bertz CT molecular complexity index is 1640. The molecule has 4 N–H and O–H groups in total. The minimum absolute atomic E-state index is 0.160. The molecule has 4 aromatic carbocycles. The van der Waals surface area contributed by atoms with Crippen LogP contribution in [-0.4, -0.2) is 46.7 Å². The van der Waals surface area contributed by atoms with E-state index in [0.717, 1.165) is 53.9 Å². The molecule has 1 aliphatic carbocycles. The Morgan fingerprint density at radius 3 is 1.90 bits per heavy atom. The Balaban J connectivity index is 0.00000134. The molecule has 2 amide bonds. The lowest BCUT2D eigenvalue weighted by atomic mass is 9.83. The molecular formula is C41H46ClN3O4. The zero-order valence-electron chi connectivity index (χ0n) is 27.8. The highest BCUT2D eigenvalue weighted by atomic mass is 35.5. The number of rotatable bonds is 10. The van der Waals surface area contributed by atoms with Crippen molar-refractivity contribution in [3.05, 3.63) is 130 Å². The van der Waals surface area contributed by atoms with Gasteiger partial charge >= 0.3 is 6.03 Å². The first kappa shape index (κ1) is 34.7. The monoisotopic (exact) mass is 679 g/mol. The van der Waals surface area contributed by atoms with Crippen LogP contribution in [-0.2, 0) is 10.4 Å². The smallest absolute Gasteiger partial charge is 0.315 e. The van der Waals surface area contributed by atoms with Crippen molar-refractivity contribution >= 4 is 24.1 Å². The molecule has 0 spiro atoms. The van der Waals surface area contributed by atoms with E-state index in [0.29, 0.717) is 30.1 Å². The van der Waals surface area contributed by atoms with Crippen molar-refractivity contribution in [3.63, 3.8) is 0 Å². The van der Waals surface area contributed by atoms with Crippen LogP contribution in [0.4, 0.5) is 4.79 Å². The molecule has 49 heavy (non-hydrogen) atoms. The SMILES string of the molecule is O=C(NCCC(O)(c1ccc(Cl)cc1)c1ccc(-c2ccccc2)cc1)NC1CCC(CCN2C3CCC2c2ccccc23)CC1.O=CO. The molecule has 256 valence electrons. The third-order valence-electron chi connectivity index (χ3n) is 10.8. The lowest BCUT2D eigenvalue weighted by Crippen LogP contribution is -2.45. The van der Waals surface area contributed by atoms with Crippen LogP contribution in [0.3, 0.4) is 0 Å². The van der Waals surface area contributed by atoms with Crippen LogP contribution in [0.1, 0.15) is 85.7 Å². The number of carboxylic acid groups (broad SMARTS) is 1. The number of nitrogens with zero attached hydrogens (tertiary/aromatic N) is 1. The van der Waals surface area contributed by atoms with E-state index in [4.69, 9.17) is 21.5 Å². The molecule has 8 heteroatoms. The Kier molecular flexibility index (Phi) is 11.3. The van der Waals surface area contributed by atoms with Crippen LogP contribution in [0.15, 0.2) is 103 Å². The van der Waals surface area contributed by atoms with Gasteiger partial charge in [-0.15, -0.1) is 0 Å². The maximum absolute atomic E-state index is 13.0. The predicted molar refractivity (Wildman–Crippen MR) is 194 cm³/mol. The van der Waals surface area contributed by atoms with Gasteiger partial charge in [0, 0.05) is 36.1 Å². The summed E-state index contributed by atoms with van der Waals surface area (Å²) in [4.78, 5) is 24.1. The highest BCUT2D eigenvalue weighted by Crippen LogP contribution is 2.53. The second-order valence-electron chi connectivity index (χ2n) is 13.5. The van der Waals surface area contributed by atoms with Crippen LogP contribution < -0.4 is 10.6 Å². The average Bonchev–Trinajstić information content (AvgIpc) is 3.68. The van der Waals surface area contributed by atoms with Gasteiger partial charge in [-0.2, -0.15) is 0 Å². The van der Waals surface area contributed by atoms with E-state index in [1.807, 2.05) is 54.6 Å². The molecule has 3 unspecified atom stereocenters. The van der Waals surface area contributed by atoms with Crippen LogP contribution in [0.2, 0.25) is 5.02 Å². The molecule has 2 aliphatic heterocycles. The topological polar surface area (TPSA) is 102 Å². The van der Waals surface area contributed by atoms with Crippen molar-refractivity contribution in [1.29, 1.82) is 0 Å². The van der Waals surface area contributed by atoms with E-state index < -0.39 is 5.60 Å². The molecule has 3 atom stereocenters. The Hall–Kier alpha value is -4.17. The first-order chi connectivity index (χ1) is 23.9. The summed E-state index contributed by atoms with van der Waals surface area (Å²) < 4.78 is 0. The number of urea groups is 1. The van der Waals surface area contributed by atoms with E-state index in [-0.39, 0.29) is 18.5 Å². The number of halogens is 1. The number of nitrogens with one attached hydrogen (secondary N) is 2. The highest BCUT2D eigenvalue weighted by molar-refractivity contribution is 6.30. The first-order valence-electron chi connectivity index (χ1n) is 17.5. The van der Waals surface area contributed by atoms with Gasteiger partial charge in [0.05, 0.1) is 0 Å². The molecular weight excluding hydrogens is 634 g/mol. The van der Waals surface area contributed by atoms with Crippen LogP contribution in [0, 0.1) is 5.92 Å². The van der Waals surface area contributed by atoms with E-state index >= 15 is 0 Å². The summed E-state index contributed by atoms with van der Waals surface area (Å²) in [6.07, 6.45) is 8.54. The summed E-state index contributed by atoms with van der Waals surface area (Å²) in [6, 6.07) is 35.8. The van der Waals surface area contributed by atoms with E-state index in [1.165, 1.54) is 25.8 Å². The first-order valence-corrected chi connectivity index (χ1v) is 17.9. The van der Waals surface area contributed by atoms with E-state index in [2.05, 4.69) is 51.9 Å². The summed E-state index contributed by atoms with van der Waals surface area (Å²) in [7, 11) is 0. The van der Waals surface area contributed by atoms with E-state index in [9.17, 15) is 9.90 Å². The van der Waals surface area contributed by atoms with Gasteiger partial charge in [-0.25, -0.2) is 4.79 Å². The van der Waals surface area contributed by atoms with Crippen LogP contribution in [0.5, 0.6) is 0 Å². The second-order valence-corrected chi connectivity index (χ2v) is 14.0. The number of fused-ring (bicyclic) bond motifs is 5. The van der Waals surface area contributed by atoms with Gasteiger partial charge in [0.25, 0.3) is 6.47 Å². The van der Waals surface area contributed by atoms with Crippen LogP contribution in [0.25, 0.3) is 11.1 Å². The minimum atomic E-state index is -1.28. The Morgan fingerprint density at radius 2 is 1.31 bits per heavy atom. The largest absolute Gasteiger partial charge is 0.483 e. The van der Waals surface area contributed by atoms with Gasteiger partial charge < -0.3 is 20.8 Å². The third-order valence-corrected chi connectivity index (χ3v) is 11.0. The van der Waals surface area contributed by atoms with Crippen molar-refractivity contribution < 1.29 is 19.8 Å². The molecule has 1 saturated carbocycles. The minimum Gasteiger partial charge on any atom is -0.483 e. The van der Waals surface area contributed by atoms with Crippen molar-refractivity contribution in [2.45, 2.75) is 75.1 Å². The van der Waals surface area contributed by atoms with Gasteiger partial charge in [0.1, 0.15) is 5.60 Å². The molecule has 4 aromatic rings. The summed E-state index contributed by atoms with van der Waals surface area (Å²) in [5, 5.41) is 25.8. The number of hydrogen-bond acceptors (Lipinski definition) is 4. The van der Waals surface area contributed by atoms with Gasteiger partial charge in [-0.3, -0.25) is 9.69 Å². The van der Waals surface area contributed by atoms with Crippen molar-refractivity contribution in [1.82, 2.24) is 15.5 Å². The molecule has 2 bridgehead atoms. The number of carbonyl (C=O) groups excluding carboxylic acids is 1. The molecule has 3 aliphatic rings. The van der Waals surface area contributed by atoms with Gasteiger partial charge in [0.15, 0.2) is 0 Å². The number of aliphatic hydroxyl groups is 1. The van der Waals surface area contributed by atoms with Crippen molar-refractivity contribution in [2.75, 3.05) is 13.1 Å². The number of benzene rings is 4. The molecule has 1 saturated heterocycles. The Morgan fingerprint density at radius 1 is 0.776 bits per heavy atom. The summed E-state index contributed by atoms with van der Waals surface area (Å²) in [5.41, 5.74) is 5.58. The number of carbonyl (C=O) groups is 2. The standard InChI is InChI=1S/C40H44ClN3O2.CH2O2/c41-33-18-16-32(17-19-33)40(46,31-14-12-30(13-15-31)29-6-2-1-3-7-29)25-26-42-39(45)43-34-20-10-28(11-21-34)24-27-44-37-22-23-38(44)36-9-5-4-8-35(36)37;2-1-3/h1-9,12-19,28,34,37-38,46H,10-11,20-27H2,(H2,42,43,45);1H,(H,2,3). The maximum Gasteiger partial charge on any atom is 0.315 e. The van der Waals surface area contributed by atoms with Crippen LogP contribution >= 0.6 is 11.6 Å². The molecule has 2 fully saturated rings. The summed E-state index contributed by atoms with van der Waals surface area (Å²) >= 11 is 6.17. The van der Waals surface area contributed by atoms with Gasteiger partial charge in [0.2, 0.25) is 0 Å². The molecule has 7 nitrogen and oxygen atoms in total. The molecule has 0 radical (unpaired) electrons. The van der Waals surface area contributed by atoms with Crippen molar-refractivity contribution in [2.24, 2.45) is 5.92 Å². The number of hydrogen-bond donors (Lipinski definition) is 4. The van der Waals surface area contributed by atoms with Crippen molar-refractivity contribution in [3.8, 4) is 11.1 Å². The summed E-state index contributed by atoms with van der Waals surface area (Å²) in [5.74, 6) is 0.729. The second kappa shape index (κ2) is 16.0. The highest BCUT2D eigenvalue weighted by Gasteiger charge is 2.43. The number of amides is 2. The molecule has 2 heterocycles. The lowest BCUT2D eigenvalue weighted by molar-refractivity contribution is -0.122. The fourth-order valence-corrected chi connectivity index (χ4v) is 8.36.